The lowest BCUT2D eigenvalue weighted by Crippen LogP contribution is -2.42. The summed E-state index contributed by atoms with van der Waals surface area (Å²) in [6.07, 6.45) is 5.21. The molecule has 1 N–H and O–H groups in total. The van der Waals surface area contributed by atoms with E-state index in [-0.39, 0.29) is 23.7 Å². The molecule has 3 aliphatic rings. The van der Waals surface area contributed by atoms with Crippen LogP contribution in [0.3, 0.4) is 0 Å². The van der Waals surface area contributed by atoms with Gasteiger partial charge < -0.3 is 14.8 Å². The summed E-state index contributed by atoms with van der Waals surface area (Å²) in [5.41, 5.74) is 0.889. The van der Waals surface area contributed by atoms with E-state index in [9.17, 15) is 9.59 Å². The highest BCUT2D eigenvalue weighted by atomic mass is 35.5. The van der Waals surface area contributed by atoms with Crippen molar-refractivity contribution < 1.29 is 19.1 Å². The Labute approximate surface area is 158 Å². The van der Waals surface area contributed by atoms with Gasteiger partial charge in [-0.1, -0.05) is 18.0 Å². The number of nitrogens with one attached hydrogen (secondary N) is 1. The average Bonchev–Trinajstić information content (AvgIpc) is 2.85. The molecule has 5 nitrogen and oxygen atoms in total. The maximum atomic E-state index is 12.6. The molecule has 6 heteroatoms. The van der Waals surface area contributed by atoms with Crippen LogP contribution in [0.15, 0.2) is 12.1 Å². The Morgan fingerprint density at radius 3 is 2.62 bits per heavy atom. The third kappa shape index (κ3) is 3.54. The summed E-state index contributed by atoms with van der Waals surface area (Å²) >= 11 is 6.31. The molecule has 0 aromatic heterocycles. The fourth-order valence-corrected chi connectivity index (χ4v) is 4.70. The summed E-state index contributed by atoms with van der Waals surface area (Å²) < 4.78 is 11.3. The molecule has 2 atom stereocenters. The van der Waals surface area contributed by atoms with Crippen LogP contribution in [0, 0.1) is 17.8 Å². The van der Waals surface area contributed by atoms with E-state index in [1.54, 1.807) is 0 Å². The molecule has 2 fully saturated rings. The summed E-state index contributed by atoms with van der Waals surface area (Å²) in [5, 5.41) is 3.52. The minimum absolute atomic E-state index is 0.0395. The van der Waals surface area contributed by atoms with Crippen molar-refractivity contribution in [2.24, 2.45) is 17.8 Å². The van der Waals surface area contributed by atoms with Crippen molar-refractivity contribution in [1.82, 2.24) is 5.32 Å². The second-order valence-corrected chi connectivity index (χ2v) is 7.98. The van der Waals surface area contributed by atoms with Gasteiger partial charge in [-0.15, -0.1) is 0 Å². The first-order chi connectivity index (χ1) is 12.6. The fourth-order valence-electron chi connectivity index (χ4n) is 4.41. The van der Waals surface area contributed by atoms with Crippen molar-refractivity contribution in [1.29, 1.82) is 0 Å². The van der Waals surface area contributed by atoms with E-state index < -0.39 is 0 Å². The summed E-state index contributed by atoms with van der Waals surface area (Å²) in [6, 6.07) is 3.69. The van der Waals surface area contributed by atoms with E-state index in [0.29, 0.717) is 54.9 Å². The standard InChI is InChI=1S/C20H24ClNO4/c21-16-7-12(8-17-19(16)26-6-2-5-25-17)11-22-20(24)15-9-13-3-1-4-14(10-15)18(13)23/h7-8,13-15H,1-6,9-11H2,(H,22,24). The number of hydrogen-bond acceptors (Lipinski definition) is 4. The molecule has 2 aliphatic carbocycles. The quantitative estimate of drug-likeness (QED) is 0.875. The summed E-state index contributed by atoms with van der Waals surface area (Å²) in [4.78, 5) is 24.8. The minimum atomic E-state index is -0.0566. The number of hydrogen-bond donors (Lipinski definition) is 1. The monoisotopic (exact) mass is 377 g/mol. The highest BCUT2D eigenvalue weighted by molar-refractivity contribution is 6.32. The number of amides is 1. The van der Waals surface area contributed by atoms with Gasteiger partial charge in [0.25, 0.3) is 0 Å². The number of ether oxygens (including phenoxy) is 2. The number of rotatable bonds is 3. The topological polar surface area (TPSA) is 64.6 Å². The second-order valence-electron chi connectivity index (χ2n) is 7.57. The molecule has 2 saturated carbocycles. The van der Waals surface area contributed by atoms with Crippen LogP contribution in [0.4, 0.5) is 0 Å². The van der Waals surface area contributed by atoms with Crippen LogP contribution in [0.5, 0.6) is 11.5 Å². The molecule has 0 saturated heterocycles. The molecule has 2 unspecified atom stereocenters. The van der Waals surface area contributed by atoms with Crippen molar-refractivity contribution in [2.75, 3.05) is 13.2 Å². The van der Waals surface area contributed by atoms with Crippen molar-refractivity contribution in [2.45, 2.75) is 45.1 Å². The zero-order valence-corrected chi connectivity index (χ0v) is 15.5. The molecule has 1 amide bonds. The average molecular weight is 378 g/mol. The zero-order valence-electron chi connectivity index (χ0n) is 14.8. The largest absolute Gasteiger partial charge is 0.489 e. The van der Waals surface area contributed by atoms with Crippen molar-refractivity contribution in [3.63, 3.8) is 0 Å². The number of Topliss-reactive ketones (excluding diaryl/α,β-unsaturated/α-hetero) is 1. The molecule has 0 spiro atoms. The molecule has 4 rings (SSSR count). The van der Waals surface area contributed by atoms with E-state index in [1.807, 2.05) is 12.1 Å². The van der Waals surface area contributed by atoms with Gasteiger partial charge in [-0.05, 0) is 43.4 Å². The normalized spacial score (nSPS) is 27.6. The predicted molar refractivity (Wildman–Crippen MR) is 97.5 cm³/mol. The van der Waals surface area contributed by atoms with Crippen LogP contribution >= 0.6 is 11.6 Å². The van der Waals surface area contributed by atoms with Crippen LogP contribution in [0.1, 0.15) is 44.1 Å². The zero-order chi connectivity index (χ0) is 18.1. The van der Waals surface area contributed by atoms with E-state index in [2.05, 4.69) is 5.32 Å². The number of carbonyl (C=O) groups excluding carboxylic acids is 2. The summed E-state index contributed by atoms with van der Waals surface area (Å²) in [5.74, 6) is 1.76. The Balaban J connectivity index is 1.40. The predicted octanol–water partition coefficient (Wildman–Crippen LogP) is 3.51. The van der Waals surface area contributed by atoms with Gasteiger partial charge in [-0.2, -0.15) is 0 Å². The van der Waals surface area contributed by atoms with Crippen LogP contribution in [-0.4, -0.2) is 24.9 Å². The number of benzene rings is 1. The Morgan fingerprint density at radius 2 is 1.85 bits per heavy atom. The van der Waals surface area contributed by atoms with Gasteiger partial charge >= 0.3 is 0 Å². The Kier molecular flexibility index (Phi) is 5.07. The third-order valence-electron chi connectivity index (χ3n) is 5.75. The third-order valence-corrected chi connectivity index (χ3v) is 6.03. The maximum Gasteiger partial charge on any atom is 0.223 e. The van der Waals surface area contributed by atoms with E-state index in [1.165, 1.54) is 0 Å². The lowest BCUT2D eigenvalue weighted by atomic mass is 9.67. The molecule has 1 heterocycles. The maximum absolute atomic E-state index is 12.6. The Morgan fingerprint density at radius 1 is 1.12 bits per heavy atom. The van der Waals surface area contributed by atoms with E-state index >= 15 is 0 Å². The van der Waals surface area contributed by atoms with Gasteiger partial charge in [0.05, 0.1) is 18.2 Å². The van der Waals surface area contributed by atoms with Crippen LogP contribution in [0.25, 0.3) is 0 Å². The fraction of sp³-hybridized carbons (Fsp3) is 0.600. The Hall–Kier alpha value is -1.75. The number of fused-ring (bicyclic) bond motifs is 3. The van der Waals surface area contributed by atoms with Crippen LogP contribution in [-0.2, 0) is 16.1 Å². The van der Waals surface area contributed by atoms with Crippen LogP contribution in [0.2, 0.25) is 5.02 Å². The summed E-state index contributed by atoms with van der Waals surface area (Å²) in [6.45, 7) is 1.58. The number of ketones is 1. The van der Waals surface area contributed by atoms with Gasteiger partial charge in [-0.25, -0.2) is 0 Å². The molecule has 1 aromatic rings. The highest BCUT2D eigenvalue weighted by Crippen LogP contribution is 2.40. The molecule has 26 heavy (non-hydrogen) atoms. The molecular formula is C20H24ClNO4. The van der Waals surface area contributed by atoms with Gasteiger partial charge in [0.15, 0.2) is 11.5 Å². The second kappa shape index (κ2) is 7.47. The first-order valence-electron chi connectivity index (χ1n) is 9.51. The van der Waals surface area contributed by atoms with Gasteiger partial charge in [0.1, 0.15) is 5.78 Å². The number of halogens is 1. The highest BCUT2D eigenvalue weighted by Gasteiger charge is 2.41. The SMILES string of the molecule is O=C(NCc1cc(Cl)c2c(c1)OCCCO2)C1CC2CCCC(C1)C2=O. The van der Waals surface area contributed by atoms with Crippen LogP contribution < -0.4 is 14.8 Å². The molecule has 1 aromatic carbocycles. The molecule has 140 valence electrons. The van der Waals surface area contributed by atoms with Crippen molar-refractivity contribution >= 4 is 23.3 Å². The lowest BCUT2D eigenvalue weighted by Gasteiger charge is -2.36. The van der Waals surface area contributed by atoms with Crippen molar-refractivity contribution in [3.05, 3.63) is 22.7 Å². The smallest absolute Gasteiger partial charge is 0.223 e. The first kappa shape index (κ1) is 17.7. The molecule has 0 radical (unpaired) electrons. The number of carbonyl (C=O) groups is 2. The molecular weight excluding hydrogens is 354 g/mol. The van der Waals surface area contributed by atoms with Gasteiger partial charge in [0.2, 0.25) is 5.91 Å². The summed E-state index contributed by atoms with van der Waals surface area (Å²) in [7, 11) is 0. The molecule has 2 bridgehead atoms. The van der Waals surface area contributed by atoms with Gasteiger partial charge in [-0.3, -0.25) is 9.59 Å². The Bertz CT molecular complexity index is 704. The van der Waals surface area contributed by atoms with E-state index in [4.69, 9.17) is 21.1 Å². The van der Waals surface area contributed by atoms with E-state index in [0.717, 1.165) is 31.2 Å². The lowest BCUT2D eigenvalue weighted by molar-refractivity contribution is -0.137. The first-order valence-corrected chi connectivity index (χ1v) is 9.89. The van der Waals surface area contributed by atoms with Crippen molar-refractivity contribution in [3.8, 4) is 11.5 Å². The minimum Gasteiger partial charge on any atom is -0.489 e. The van der Waals surface area contributed by atoms with Gasteiger partial charge in [0, 0.05) is 30.7 Å². The molecule has 1 aliphatic heterocycles.